The molecule has 0 radical (unpaired) electrons. The van der Waals surface area contributed by atoms with Crippen molar-refractivity contribution in [3.8, 4) is 12.3 Å². The van der Waals surface area contributed by atoms with Crippen LogP contribution in [-0.4, -0.2) is 32.2 Å². The smallest absolute Gasteiger partial charge is 0.250 e. The van der Waals surface area contributed by atoms with Crippen molar-refractivity contribution in [3.05, 3.63) is 34.7 Å². The van der Waals surface area contributed by atoms with E-state index in [2.05, 4.69) is 26.6 Å². The van der Waals surface area contributed by atoms with Crippen LogP contribution in [0, 0.1) is 12.3 Å². The molecular formula is C13H15N5O2. The van der Waals surface area contributed by atoms with Gasteiger partial charge in [-0.2, -0.15) is 0 Å². The number of carbonyl (C=O) groups is 1. The number of carbonyl (C=O) groups excluding carboxylic acids is 1. The molecule has 0 aromatic heterocycles. The fraction of sp³-hybridized carbons (Fsp3) is 0.308. The van der Waals surface area contributed by atoms with E-state index in [4.69, 9.17) is 16.7 Å². The van der Waals surface area contributed by atoms with Crippen molar-refractivity contribution in [1.82, 2.24) is 5.32 Å². The second-order valence-electron chi connectivity index (χ2n) is 3.72. The first-order chi connectivity index (χ1) is 9.76. The molecule has 0 saturated heterocycles. The summed E-state index contributed by atoms with van der Waals surface area (Å²) in [5.41, 5.74) is 9.36. The molecule has 2 N–H and O–H groups in total. The van der Waals surface area contributed by atoms with Gasteiger partial charge in [0.2, 0.25) is 5.91 Å². The number of anilines is 1. The largest absolute Gasteiger partial charge is 0.370 e. The highest BCUT2D eigenvalue weighted by molar-refractivity contribution is 5.91. The Morgan fingerprint density at radius 3 is 2.85 bits per heavy atom. The Kier molecular flexibility index (Phi) is 7.31. The minimum Gasteiger partial charge on any atom is -0.370 e. The van der Waals surface area contributed by atoms with Gasteiger partial charge in [-0.25, -0.2) is 0 Å². The summed E-state index contributed by atoms with van der Waals surface area (Å²) in [4.78, 5) is 14.2. The summed E-state index contributed by atoms with van der Waals surface area (Å²) in [5, 5.41) is 9.04. The number of nitrogens with one attached hydrogen (secondary N) is 2. The van der Waals surface area contributed by atoms with Gasteiger partial charge < -0.3 is 15.4 Å². The highest BCUT2D eigenvalue weighted by Gasteiger charge is 2.02. The van der Waals surface area contributed by atoms with Crippen LogP contribution in [0.1, 0.15) is 0 Å². The van der Waals surface area contributed by atoms with Crippen LogP contribution in [0.25, 0.3) is 10.4 Å². The standard InChI is InChI=1S/C13H15N5O2/c1-2-7-15-8-9-20-10-13(19)16-11-3-5-12(6-4-11)17-18-14/h1,3-6,15H,7-10H2,(H,16,19). The van der Waals surface area contributed by atoms with Gasteiger partial charge in [0, 0.05) is 22.8 Å². The number of nitrogens with zero attached hydrogens (tertiary/aromatic N) is 3. The van der Waals surface area contributed by atoms with E-state index >= 15 is 0 Å². The second kappa shape index (κ2) is 9.42. The molecule has 0 unspecified atom stereocenters. The van der Waals surface area contributed by atoms with Gasteiger partial charge in [0.15, 0.2) is 0 Å². The summed E-state index contributed by atoms with van der Waals surface area (Å²) in [6.45, 7) is 1.45. The maximum absolute atomic E-state index is 11.5. The molecule has 1 aromatic carbocycles. The number of rotatable bonds is 8. The average molecular weight is 273 g/mol. The molecule has 0 spiro atoms. The van der Waals surface area contributed by atoms with Crippen LogP contribution in [0.3, 0.4) is 0 Å². The number of ether oxygens (including phenoxy) is 1. The van der Waals surface area contributed by atoms with Gasteiger partial charge in [0.1, 0.15) is 6.61 Å². The van der Waals surface area contributed by atoms with Crippen molar-refractivity contribution in [3.63, 3.8) is 0 Å². The fourth-order valence-corrected chi connectivity index (χ4v) is 1.33. The molecule has 0 saturated carbocycles. The first-order valence-corrected chi connectivity index (χ1v) is 5.93. The molecule has 1 amide bonds. The number of amides is 1. The molecule has 0 atom stereocenters. The molecule has 20 heavy (non-hydrogen) atoms. The predicted octanol–water partition coefficient (Wildman–Crippen LogP) is 1.81. The summed E-state index contributed by atoms with van der Waals surface area (Å²) >= 11 is 0. The number of hydrogen-bond donors (Lipinski definition) is 2. The summed E-state index contributed by atoms with van der Waals surface area (Å²) in [5.74, 6) is 2.19. The van der Waals surface area contributed by atoms with Crippen LogP contribution in [0.2, 0.25) is 0 Å². The summed E-state index contributed by atoms with van der Waals surface area (Å²) in [7, 11) is 0. The van der Waals surface area contributed by atoms with E-state index in [0.29, 0.717) is 31.1 Å². The maximum Gasteiger partial charge on any atom is 0.250 e. The normalized spacial score (nSPS) is 9.35. The average Bonchev–Trinajstić information content (AvgIpc) is 2.45. The Balaban J connectivity index is 2.25. The van der Waals surface area contributed by atoms with E-state index in [0.717, 1.165) is 0 Å². The molecule has 0 aliphatic heterocycles. The van der Waals surface area contributed by atoms with Gasteiger partial charge >= 0.3 is 0 Å². The molecular weight excluding hydrogens is 258 g/mol. The van der Waals surface area contributed by atoms with Gasteiger partial charge in [-0.05, 0) is 17.7 Å². The predicted molar refractivity (Wildman–Crippen MR) is 76.4 cm³/mol. The number of benzene rings is 1. The van der Waals surface area contributed by atoms with Crippen molar-refractivity contribution in [2.75, 3.05) is 31.6 Å². The Morgan fingerprint density at radius 1 is 1.45 bits per heavy atom. The van der Waals surface area contributed by atoms with Crippen LogP contribution in [0.5, 0.6) is 0 Å². The maximum atomic E-state index is 11.5. The van der Waals surface area contributed by atoms with Crippen molar-refractivity contribution in [1.29, 1.82) is 0 Å². The number of hydrogen-bond acceptors (Lipinski definition) is 4. The topological polar surface area (TPSA) is 99.1 Å². The first kappa shape index (κ1) is 15.5. The van der Waals surface area contributed by atoms with Gasteiger partial charge in [-0.3, -0.25) is 4.79 Å². The zero-order valence-electron chi connectivity index (χ0n) is 10.9. The molecule has 0 heterocycles. The Morgan fingerprint density at radius 2 is 2.20 bits per heavy atom. The van der Waals surface area contributed by atoms with Crippen molar-refractivity contribution in [2.45, 2.75) is 0 Å². The Labute approximate surface area is 116 Å². The zero-order chi connectivity index (χ0) is 14.6. The third-order valence-corrected chi connectivity index (χ3v) is 2.19. The minimum atomic E-state index is -0.251. The SMILES string of the molecule is C#CCNCCOCC(=O)Nc1ccc(N=[N+]=[N-])cc1. The lowest BCUT2D eigenvalue weighted by Gasteiger charge is -2.06. The molecule has 0 aliphatic rings. The Bertz CT molecular complexity index is 515. The second-order valence-corrected chi connectivity index (χ2v) is 3.72. The molecule has 0 fully saturated rings. The van der Waals surface area contributed by atoms with Crippen LogP contribution < -0.4 is 10.6 Å². The Hall–Kier alpha value is -2.52. The van der Waals surface area contributed by atoms with E-state index in [9.17, 15) is 4.79 Å². The number of azide groups is 1. The van der Waals surface area contributed by atoms with Crippen LogP contribution in [-0.2, 0) is 9.53 Å². The molecule has 7 nitrogen and oxygen atoms in total. The van der Waals surface area contributed by atoms with Gasteiger partial charge in [0.05, 0.1) is 13.2 Å². The van der Waals surface area contributed by atoms with Gasteiger partial charge in [-0.1, -0.05) is 23.2 Å². The van der Waals surface area contributed by atoms with Crippen molar-refractivity contribution < 1.29 is 9.53 Å². The molecule has 104 valence electrons. The van der Waals surface area contributed by atoms with Crippen LogP contribution in [0.15, 0.2) is 29.4 Å². The molecule has 7 heteroatoms. The molecule has 1 rings (SSSR count). The van der Waals surface area contributed by atoms with E-state index in [1.54, 1.807) is 24.3 Å². The van der Waals surface area contributed by atoms with E-state index in [1.807, 2.05) is 0 Å². The van der Waals surface area contributed by atoms with Gasteiger partial charge in [0.25, 0.3) is 0 Å². The molecule has 1 aromatic rings. The van der Waals surface area contributed by atoms with Crippen molar-refractivity contribution >= 4 is 17.3 Å². The summed E-state index contributed by atoms with van der Waals surface area (Å²) < 4.78 is 5.17. The van der Waals surface area contributed by atoms with Gasteiger partial charge in [-0.15, -0.1) is 6.42 Å². The fourth-order valence-electron chi connectivity index (χ4n) is 1.33. The number of terminal acetylenes is 1. The first-order valence-electron chi connectivity index (χ1n) is 5.93. The highest BCUT2D eigenvalue weighted by Crippen LogP contribution is 2.16. The summed E-state index contributed by atoms with van der Waals surface area (Å²) in [6.07, 6.45) is 5.06. The zero-order valence-corrected chi connectivity index (χ0v) is 10.9. The van der Waals surface area contributed by atoms with Crippen LogP contribution in [0.4, 0.5) is 11.4 Å². The summed E-state index contributed by atoms with van der Waals surface area (Å²) in [6, 6.07) is 6.52. The lowest BCUT2D eigenvalue weighted by Crippen LogP contribution is -2.23. The lowest BCUT2D eigenvalue weighted by atomic mass is 10.3. The van der Waals surface area contributed by atoms with E-state index in [-0.39, 0.29) is 12.5 Å². The van der Waals surface area contributed by atoms with E-state index in [1.165, 1.54) is 0 Å². The third kappa shape index (κ3) is 6.42. The van der Waals surface area contributed by atoms with Crippen molar-refractivity contribution in [2.24, 2.45) is 5.11 Å². The van der Waals surface area contributed by atoms with E-state index < -0.39 is 0 Å². The third-order valence-electron chi connectivity index (χ3n) is 2.19. The molecule has 0 bridgehead atoms. The monoisotopic (exact) mass is 273 g/mol. The van der Waals surface area contributed by atoms with Crippen LogP contribution >= 0.6 is 0 Å². The highest BCUT2D eigenvalue weighted by atomic mass is 16.5. The lowest BCUT2D eigenvalue weighted by molar-refractivity contribution is -0.120. The minimum absolute atomic E-state index is 0.0319. The quantitative estimate of drug-likeness (QED) is 0.248. The molecule has 0 aliphatic carbocycles.